The quantitative estimate of drug-likeness (QED) is 0.116. The van der Waals surface area contributed by atoms with Crippen molar-refractivity contribution in [2.45, 2.75) is 21.9 Å². The normalized spacial score (nSPS) is 16.6. The van der Waals surface area contributed by atoms with Gasteiger partial charge in [0.2, 0.25) is 0 Å². The van der Waals surface area contributed by atoms with E-state index in [1.54, 1.807) is 18.3 Å². The fourth-order valence-electron chi connectivity index (χ4n) is 4.65. The minimum atomic E-state index is -0.400. The predicted octanol–water partition coefficient (Wildman–Crippen LogP) is 8.23. The highest BCUT2D eigenvalue weighted by Crippen LogP contribution is 2.43. The lowest BCUT2D eigenvalue weighted by atomic mass is 10.0. The smallest absolute Gasteiger partial charge is 0.269 e. The van der Waals surface area contributed by atoms with Gasteiger partial charge in [0.25, 0.3) is 5.69 Å². The van der Waals surface area contributed by atoms with Crippen LogP contribution in [0.3, 0.4) is 0 Å². The van der Waals surface area contributed by atoms with E-state index in [4.69, 9.17) is 28.2 Å². The van der Waals surface area contributed by atoms with E-state index in [2.05, 4.69) is 15.2 Å². The molecule has 0 amide bonds. The van der Waals surface area contributed by atoms with Crippen LogP contribution in [0.4, 0.5) is 11.4 Å². The Morgan fingerprint density at radius 2 is 1.62 bits per heavy atom. The first kappa shape index (κ1) is 26.1. The largest absolute Gasteiger partial charge is 0.459 e. The number of halogens is 1. The summed E-state index contributed by atoms with van der Waals surface area (Å²) in [6.07, 6.45) is 1.77. The van der Waals surface area contributed by atoms with Crippen LogP contribution in [0.15, 0.2) is 124 Å². The molecule has 1 saturated heterocycles. The van der Waals surface area contributed by atoms with Crippen molar-refractivity contribution in [2.75, 3.05) is 4.90 Å². The average molecular weight is 585 g/mol. The maximum absolute atomic E-state index is 11.0. The van der Waals surface area contributed by atoms with E-state index < -0.39 is 4.92 Å². The zero-order valence-electron chi connectivity index (χ0n) is 20.8. The molecule has 1 aliphatic rings. The molecule has 10 heteroatoms. The Morgan fingerprint density at radius 3 is 2.27 bits per heavy atom. The zero-order chi connectivity index (χ0) is 27.6. The van der Waals surface area contributed by atoms with Gasteiger partial charge in [0.1, 0.15) is 17.6 Å². The Hall–Kier alpha value is -4.18. The number of anilines is 1. The summed E-state index contributed by atoms with van der Waals surface area (Å²) in [4.78, 5) is 19.1. The summed E-state index contributed by atoms with van der Waals surface area (Å²) in [5.74, 6) is 1.48. The highest BCUT2D eigenvalue weighted by Gasteiger charge is 2.42. The summed E-state index contributed by atoms with van der Waals surface area (Å²) in [6.45, 7) is 0. The van der Waals surface area contributed by atoms with E-state index in [1.165, 1.54) is 23.9 Å². The first-order valence-corrected chi connectivity index (χ1v) is 14.0. The third-order valence-electron chi connectivity index (χ3n) is 6.54. The van der Waals surface area contributed by atoms with Gasteiger partial charge in [0.15, 0.2) is 5.11 Å². The first-order chi connectivity index (χ1) is 19.5. The van der Waals surface area contributed by atoms with Crippen molar-refractivity contribution < 1.29 is 9.34 Å². The molecular formula is C30H21ClN4O3S2. The Morgan fingerprint density at radius 1 is 0.925 bits per heavy atom. The third-order valence-corrected chi connectivity index (χ3v) is 8.13. The molecule has 3 aromatic carbocycles. The topological polar surface area (TPSA) is 84.4 Å². The Bertz CT molecular complexity index is 1660. The van der Waals surface area contributed by atoms with Crippen LogP contribution in [-0.2, 0) is 0 Å². The molecule has 2 atom stereocenters. The van der Waals surface area contributed by atoms with Gasteiger partial charge in [-0.3, -0.25) is 15.1 Å². The van der Waals surface area contributed by atoms with Crippen molar-refractivity contribution in [1.82, 2.24) is 10.3 Å². The number of hydrogen-bond acceptors (Lipinski definition) is 6. The molecule has 1 aliphatic heterocycles. The minimum Gasteiger partial charge on any atom is -0.459 e. The monoisotopic (exact) mass is 584 g/mol. The average Bonchev–Trinajstić information content (AvgIpc) is 3.59. The van der Waals surface area contributed by atoms with E-state index in [0.29, 0.717) is 10.1 Å². The highest BCUT2D eigenvalue weighted by atomic mass is 35.5. The molecule has 3 heterocycles. The summed E-state index contributed by atoms with van der Waals surface area (Å²) in [6, 6.07) is 31.3. The van der Waals surface area contributed by atoms with Crippen LogP contribution >= 0.6 is 35.6 Å². The lowest BCUT2D eigenvalue weighted by Crippen LogP contribution is -2.29. The van der Waals surface area contributed by atoms with Crippen molar-refractivity contribution in [2.24, 2.45) is 0 Å². The van der Waals surface area contributed by atoms with Crippen LogP contribution in [0.1, 0.15) is 23.5 Å². The number of aromatic nitrogens is 1. The number of furan rings is 1. The van der Waals surface area contributed by atoms with E-state index in [9.17, 15) is 10.1 Å². The second-order valence-electron chi connectivity index (χ2n) is 9.05. The number of non-ortho nitro benzene ring substituents is 1. The molecular weight excluding hydrogens is 564 g/mol. The molecule has 198 valence electrons. The molecule has 0 saturated carbocycles. The zero-order valence-corrected chi connectivity index (χ0v) is 23.2. The van der Waals surface area contributed by atoms with Crippen molar-refractivity contribution in [3.8, 4) is 11.3 Å². The lowest BCUT2D eigenvalue weighted by molar-refractivity contribution is -0.384. The minimum absolute atomic E-state index is 0.0698. The molecule has 2 aromatic heterocycles. The fourth-order valence-corrected chi connectivity index (χ4v) is 5.94. The number of nitrogens with one attached hydrogen (secondary N) is 1. The summed E-state index contributed by atoms with van der Waals surface area (Å²) in [5, 5.41) is 15.6. The van der Waals surface area contributed by atoms with Crippen molar-refractivity contribution in [1.29, 1.82) is 0 Å². The summed E-state index contributed by atoms with van der Waals surface area (Å²) < 4.78 is 6.41. The number of nitrogens with zero attached hydrogens (tertiary/aromatic N) is 3. The van der Waals surface area contributed by atoms with Gasteiger partial charge >= 0.3 is 0 Å². The molecule has 6 rings (SSSR count). The number of nitro benzene ring substituents is 1. The fraction of sp³-hybridized carbons (Fsp3) is 0.0667. The SMILES string of the molecule is O=[N+]([O-])c1ccc(Sc2ccc(N3C(=S)N[C@H](c4ccccn4)[C@H]3c3ccc(-c4ccc(Cl)cc4)o3)cc2)cc1. The van der Waals surface area contributed by atoms with Gasteiger partial charge in [-0.1, -0.05) is 29.4 Å². The molecule has 0 radical (unpaired) electrons. The van der Waals surface area contributed by atoms with Crippen molar-refractivity contribution in [3.05, 3.63) is 136 Å². The predicted molar refractivity (Wildman–Crippen MR) is 161 cm³/mol. The van der Waals surface area contributed by atoms with Gasteiger partial charge in [-0.05, 0) is 97.1 Å². The Kier molecular flexibility index (Phi) is 7.25. The van der Waals surface area contributed by atoms with Crippen LogP contribution < -0.4 is 10.2 Å². The molecule has 1 fully saturated rings. The Labute approximate surface area is 245 Å². The standard InChI is InChI=1S/C30H21ClN4O3S2/c31-20-6-4-19(5-7-20)26-16-17-27(38-26)29-28(25-3-1-2-18-32-25)33-30(39)34(29)21-8-12-23(13-9-21)40-24-14-10-22(11-15-24)35(36)37/h1-18,28-29H,(H,33,39)/t28-,29-/m1/s1. The van der Waals surface area contributed by atoms with E-state index in [0.717, 1.165) is 38.3 Å². The summed E-state index contributed by atoms with van der Waals surface area (Å²) in [5.41, 5.74) is 2.75. The van der Waals surface area contributed by atoms with Crippen LogP contribution in [0.25, 0.3) is 11.3 Å². The molecule has 0 bridgehead atoms. The lowest BCUT2D eigenvalue weighted by Gasteiger charge is -2.26. The molecule has 40 heavy (non-hydrogen) atoms. The molecule has 0 unspecified atom stereocenters. The third kappa shape index (κ3) is 5.31. The molecule has 5 aromatic rings. The van der Waals surface area contributed by atoms with Crippen LogP contribution in [0, 0.1) is 10.1 Å². The van der Waals surface area contributed by atoms with Crippen LogP contribution in [0.5, 0.6) is 0 Å². The molecule has 1 N–H and O–H groups in total. The van der Waals surface area contributed by atoms with Gasteiger partial charge < -0.3 is 14.6 Å². The summed E-state index contributed by atoms with van der Waals surface area (Å²) in [7, 11) is 0. The maximum Gasteiger partial charge on any atom is 0.269 e. The number of pyridine rings is 1. The van der Waals surface area contributed by atoms with Gasteiger partial charge in [0, 0.05) is 44.4 Å². The van der Waals surface area contributed by atoms with Gasteiger partial charge in [-0.15, -0.1) is 0 Å². The van der Waals surface area contributed by atoms with Gasteiger partial charge in [-0.2, -0.15) is 0 Å². The van der Waals surface area contributed by atoms with Gasteiger partial charge in [0.05, 0.1) is 16.7 Å². The number of thiocarbonyl (C=S) groups is 1. The van der Waals surface area contributed by atoms with Crippen molar-refractivity contribution >= 4 is 52.1 Å². The number of benzene rings is 3. The first-order valence-electron chi connectivity index (χ1n) is 12.3. The number of rotatable bonds is 7. The van der Waals surface area contributed by atoms with Gasteiger partial charge in [-0.25, -0.2) is 0 Å². The second-order valence-corrected chi connectivity index (χ2v) is 11.0. The Balaban J connectivity index is 1.31. The van der Waals surface area contributed by atoms with E-state index >= 15 is 0 Å². The molecule has 7 nitrogen and oxygen atoms in total. The van der Waals surface area contributed by atoms with E-state index in [1.807, 2.05) is 78.9 Å². The molecule has 0 aliphatic carbocycles. The van der Waals surface area contributed by atoms with Crippen LogP contribution in [-0.4, -0.2) is 15.0 Å². The number of nitro groups is 1. The summed E-state index contributed by atoms with van der Waals surface area (Å²) >= 11 is 13.4. The second kappa shape index (κ2) is 11.1. The van der Waals surface area contributed by atoms with Crippen LogP contribution in [0.2, 0.25) is 5.02 Å². The van der Waals surface area contributed by atoms with E-state index in [-0.39, 0.29) is 17.8 Å². The maximum atomic E-state index is 11.0. The van der Waals surface area contributed by atoms with Crippen molar-refractivity contribution in [3.63, 3.8) is 0 Å². The highest BCUT2D eigenvalue weighted by molar-refractivity contribution is 7.99. The number of hydrogen-bond donors (Lipinski definition) is 1. The molecule has 0 spiro atoms.